The van der Waals surface area contributed by atoms with Crippen molar-refractivity contribution in [3.63, 3.8) is 0 Å². The number of hydrogen-bond acceptors (Lipinski definition) is 9. The van der Waals surface area contributed by atoms with Crippen molar-refractivity contribution >= 4 is 27.7 Å². The lowest BCUT2D eigenvalue weighted by atomic mass is 9.82. The van der Waals surface area contributed by atoms with Crippen molar-refractivity contribution in [3.8, 4) is 23.4 Å². The van der Waals surface area contributed by atoms with Crippen LogP contribution in [0, 0.1) is 11.3 Å². The molecule has 0 saturated heterocycles. The first-order valence-corrected chi connectivity index (χ1v) is 10.0. The second-order valence-corrected chi connectivity index (χ2v) is 7.34. The summed E-state index contributed by atoms with van der Waals surface area (Å²) in [7, 11) is 5.72. The number of hydrogen-bond donors (Lipinski definition) is 1. The second-order valence-electron chi connectivity index (χ2n) is 6.49. The van der Waals surface area contributed by atoms with E-state index in [0.29, 0.717) is 33.0 Å². The molecule has 0 bridgehead atoms. The van der Waals surface area contributed by atoms with Gasteiger partial charge >= 0.3 is 5.97 Å². The molecule has 0 radical (unpaired) electrons. The Hall–Kier alpha value is -3.71. The van der Waals surface area contributed by atoms with Crippen molar-refractivity contribution in [2.45, 2.75) is 5.92 Å². The van der Waals surface area contributed by atoms with Crippen LogP contribution >= 0.6 is 15.9 Å². The number of allylic oxidation sites excluding steroid dienone is 1. The predicted octanol–water partition coefficient (Wildman–Crippen LogP) is 3.26. The van der Waals surface area contributed by atoms with Gasteiger partial charge in [0.15, 0.2) is 11.5 Å². The quantitative estimate of drug-likeness (QED) is 0.593. The summed E-state index contributed by atoms with van der Waals surface area (Å²) in [6.45, 7) is 0. The number of carbonyl (C=O) groups excluding carboxylic acids is 1. The zero-order valence-electron chi connectivity index (χ0n) is 17.8. The van der Waals surface area contributed by atoms with Gasteiger partial charge in [0, 0.05) is 17.8 Å². The van der Waals surface area contributed by atoms with Crippen LogP contribution in [0.25, 0.3) is 5.76 Å². The third-order valence-corrected chi connectivity index (χ3v) is 5.41. The number of benzene rings is 1. The van der Waals surface area contributed by atoms with E-state index in [9.17, 15) is 10.1 Å². The maximum Gasteiger partial charge on any atom is 0.338 e. The summed E-state index contributed by atoms with van der Waals surface area (Å²) < 4.78 is 27.2. The minimum absolute atomic E-state index is 0.0507. The van der Waals surface area contributed by atoms with E-state index < -0.39 is 11.9 Å². The van der Waals surface area contributed by atoms with Gasteiger partial charge in [-0.2, -0.15) is 5.26 Å². The second kappa shape index (κ2) is 9.62. The molecule has 0 fully saturated rings. The third-order valence-electron chi connectivity index (χ3n) is 4.82. The molecule has 2 heterocycles. The lowest BCUT2D eigenvalue weighted by Crippen LogP contribution is -2.25. The molecule has 1 aromatic carbocycles. The molecule has 0 aliphatic carbocycles. The highest BCUT2D eigenvalue weighted by Gasteiger charge is 2.39. The summed E-state index contributed by atoms with van der Waals surface area (Å²) in [5, 5.41) is 9.85. The molecule has 3 rings (SSSR count). The van der Waals surface area contributed by atoms with Crippen LogP contribution in [0.15, 0.2) is 52.0 Å². The zero-order chi connectivity index (χ0) is 23.4. The molecule has 1 aromatic heterocycles. The first-order valence-electron chi connectivity index (χ1n) is 9.22. The molecule has 2 aromatic rings. The number of pyridine rings is 1. The fourth-order valence-corrected chi connectivity index (χ4v) is 3.99. The number of methoxy groups -OCH3 is 4. The van der Waals surface area contributed by atoms with Crippen LogP contribution in [0.1, 0.15) is 17.0 Å². The van der Waals surface area contributed by atoms with Gasteiger partial charge in [-0.25, -0.2) is 9.78 Å². The molecule has 10 heteroatoms. The van der Waals surface area contributed by atoms with Crippen LogP contribution < -0.4 is 19.9 Å². The first-order chi connectivity index (χ1) is 15.4. The van der Waals surface area contributed by atoms with Gasteiger partial charge < -0.3 is 29.4 Å². The summed E-state index contributed by atoms with van der Waals surface area (Å²) in [5.74, 6) is -0.355. The lowest BCUT2D eigenvalue weighted by molar-refractivity contribution is -0.136. The molecule has 1 aliphatic heterocycles. The number of carbonyl (C=O) groups is 1. The van der Waals surface area contributed by atoms with E-state index in [2.05, 4.69) is 27.0 Å². The van der Waals surface area contributed by atoms with Gasteiger partial charge in [0.05, 0.1) is 44.4 Å². The molecule has 1 atom stereocenters. The number of ether oxygens (including phenoxy) is 5. The van der Waals surface area contributed by atoms with Gasteiger partial charge in [-0.15, -0.1) is 0 Å². The number of nitriles is 1. The number of esters is 1. The number of nitrogens with zero attached hydrogens (tertiary/aromatic N) is 2. The minimum atomic E-state index is -0.894. The predicted molar refractivity (Wildman–Crippen MR) is 118 cm³/mol. The van der Waals surface area contributed by atoms with Crippen molar-refractivity contribution in [1.82, 2.24) is 4.98 Å². The van der Waals surface area contributed by atoms with Gasteiger partial charge in [0.1, 0.15) is 17.4 Å². The molecule has 0 spiro atoms. The Kier molecular flexibility index (Phi) is 6.90. The van der Waals surface area contributed by atoms with Crippen molar-refractivity contribution < 1.29 is 28.5 Å². The van der Waals surface area contributed by atoms with Crippen LogP contribution in [0.3, 0.4) is 0 Å². The maximum absolute atomic E-state index is 12.9. The Labute approximate surface area is 193 Å². The SMILES string of the molecule is COC(=O)C1=C(c2ccc(OC)nc2)OC(N)=C(C#N)C1c1cc(Br)c(OC)c(OC)c1. The Bertz CT molecular complexity index is 1150. The lowest BCUT2D eigenvalue weighted by Gasteiger charge is -2.28. The van der Waals surface area contributed by atoms with E-state index in [1.807, 2.05) is 0 Å². The molecular weight excluding hydrogens is 482 g/mol. The van der Waals surface area contributed by atoms with Crippen LogP contribution in [0.2, 0.25) is 0 Å². The van der Waals surface area contributed by atoms with Crippen molar-refractivity contribution in [3.05, 3.63) is 63.1 Å². The molecule has 1 aliphatic rings. The minimum Gasteiger partial charge on any atom is -0.493 e. The average molecular weight is 502 g/mol. The Morgan fingerprint density at radius 1 is 1.19 bits per heavy atom. The van der Waals surface area contributed by atoms with Crippen LogP contribution in [0.4, 0.5) is 0 Å². The van der Waals surface area contributed by atoms with Gasteiger partial charge in [-0.3, -0.25) is 0 Å². The van der Waals surface area contributed by atoms with Crippen molar-refractivity contribution in [1.29, 1.82) is 5.26 Å². The Morgan fingerprint density at radius 3 is 2.47 bits per heavy atom. The molecule has 32 heavy (non-hydrogen) atoms. The molecular formula is C22H20BrN3O6. The van der Waals surface area contributed by atoms with Crippen LogP contribution in [-0.2, 0) is 14.3 Å². The highest BCUT2D eigenvalue weighted by Crippen LogP contribution is 2.46. The smallest absolute Gasteiger partial charge is 0.338 e. The van der Waals surface area contributed by atoms with Gasteiger partial charge in [0.2, 0.25) is 11.8 Å². The highest BCUT2D eigenvalue weighted by molar-refractivity contribution is 9.10. The monoisotopic (exact) mass is 501 g/mol. The van der Waals surface area contributed by atoms with Gasteiger partial charge in [0.25, 0.3) is 0 Å². The van der Waals surface area contributed by atoms with E-state index in [4.69, 9.17) is 29.4 Å². The Balaban J connectivity index is 2.31. The van der Waals surface area contributed by atoms with Crippen LogP contribution in [0.5, 0.6) is 17.4 Å². The van der Waals surface area contributed by atoms with E-state index in [0.717, 1.165) is 0 Å². The largest absolute Gasteiger partial charge is 0.493 e. The summed E-state index contributed by atoms with van der Waals surface area (Å²) in [6.07, 6.45) is 1.48. The molecule has 9 nitrogen and oxygen atoms in total. The zero-order valence-corrected chi connectivity index (χ0v) is 19.3. The molecule has 0 amide bonds. The summed E-state index contributed by atoms with van der Waals surface area (Å²) in [6, 6.07) is 8.71. The summed E-state index contributed by atoms with van der Waals surface area (Å²) in [5.41, 5.74) is 7.24. The number of nitrogens with two attached hydrogens (primary N) is 1. The van der Waals surface area contributed by atoms with Crippen molar-refractivity contribution in [2.24, 2.45) is 5.73 Å². The molecule has 2 N–H and O–H groups in total. The normalized spacial score (nSPS) is 15.6. The van der Waals surface area contributed by atoms with E-state index >= 15 is 0 Å². The van der Waals surface area contributed by atoms with E-state index in [-0.39, 0.29) is 22.8 Å². The molecule has 1 unspecified atom stereocenters. The maximum atomic E-state index is 12.9. The third kappa shape index (κ3) is 4.07. The van der Waals surface area contributed by atoms with E-state index in [1.165, 1.54) is 34.6 Å². The highest BCUT2D eigenvalue weighted by atomic mass is 79.9. The van der Waals surface area contributed by atoms with Crippen LogP contribution in [-0.4, -0.2) is 39.4 Å². The fraction of sp³-hybridized carbons (Fsp3) is 0.227. The molecule has 166 valence electrons. The average Bonchev–Trinajstić information content (AvgIpc) is 2.82. The van der Waals surface area contributed by atoms with Gasteiger partial charge in [-0.05, 0) is 39.7 Å². The first kappa shape index (κ1) is 23.0. The standard InChI is InChI=1S/C22H20BrN3O6/c1-28-15-8-12(7-14(23)20(15)30-3)17-13(9-24)21(25)32-19(18(17)22(27)31-4)11-5-6-16(29-2)26-10-11/h5-8,10,17H,25H2,1-4H3. The van der Waals surface area contributed by atoms with Gasteiger partial charge in [-0.1, -0.05) is 0 Å². The number of aromatic nitrogens is 1. The fourth-order valence-electron chi connectivity index (χ4n) is 3.37. The number of rotatable bonds is 6. The topological polar surface area (TPSA) is 126 Å². The number of halogens is 1. The molecule has 0 saturated carbocycles. The summed E-state index contributed by atoms with van der Waals surface area (Å²) in [4.78, 5) is 17.1. The summed E-state index contributed by atoms with van der Waals surface area (Å²) >= 11 is 3.45. The Morgan fingerprint density at radius 2 is 1.94 bits per heavy atom. The van der Waals surface area contributed by atoms with Crippen molar-refractivity contribution in [2.75, 3.05) is 28.4 Å². The van der Waals surface area contributed by atoms with E-state index in [1.54, 1.807) is 24.3 Å².